The third-order valence-corrected chi connectivity index (χ3v) is 4.55. The van der Waals surface area contributed by atoms with Gasteiger partial charge in [0.05, 0.1) is 6.42 Å². The van der Waals surface area contributed by atoms with Crippen molar-refractivity contribution in [1.82, 2.24) is 9.03 Å². The summed E-state index contributed by atoms with van der Waals surface area (Å²) in [5.41, 5.74) is 0.996. The molecule has 2 N–H and O–H groups in total. The minimum absolute atomic E-state index is 0.0564. The van der Waals surface area contributed by atoms with Gasteiger partial charge in [-0.05, 0) is 12.1 Å². The number of benzene rings is 1. The molecule has 21 heavy (non-hydrogen) atoms. The third kappa shape index (κ3) is 6.11. The Hall–Kier alpha value is -1.64. The van der Waals surface area contributed by atoms with Crippen LogP contribution in [0.4, 0.5) is 5.69 Å². The Labute approximate surface area is 125 Å². The van der Waals surface area contributed by atoms with E-state index in [0.29, 0.717) is 6.54 Å². The Bertz CT molecular complexity index is 548. The molecule has 0 radical (unpaired) electrons. The van der Waals surface area contributed by atoms with Crippen LogP contribution in [0.2, 0.25) is 0 Å². The van der Waals surface area contributed by atoms with Gasteiger partial charge in [0, 0.05) is 39.4 Å². The molecule has 0 aromatic heterocycles. The smallest absolute Gasteiger partial charge is 0.304 e. The van der Waals surface area contributed by atoms with Gasteiger partial charge in [0.2, 0.25) is 0 Å². The number of hydrogen-bond donors (Lipinski definition) is 2. The highest BCUT2D eigenvalue weighted by Crippen LogP contribution is 2.09. The Morgan fingerprint density at radius 1 is 1.19 bits per heavy atom. The Morgan fingerprint density at radius 3 is 2.38 bits per heavy atom. The summed E-state index contributed by atoms with van der Waals surface area (Å²) in [4.78, 5) is 12.4. The fourth-order valence-electron chi connectivity index (χ4n) is 1.64. The Balaban J connectivity index is 2.41. The second-order valence-electron chi connectivity index (χ2n) is 4.62. The van der Waals surface area contributed by atoms with Crippen LogP contribution in [-0.2, 0) is 15.0 Å². The minimum atomic E-state index is -3.64. The van der Waals surface area contributed by atoms with Crippen molar-refractivity contribution in [2.24, 2.45) is 0 Å². The van der Waals surface area contributed by atoms with Gasteiger partial charge >= 0.3 is 5.97 Å². The highest BCUT2D eigenvalue weighted by atomic mass is 32.2. The summed E-state index contributed by atoms with van der Waals surface area (Å²) >= 11 is 0. The van der Waals surface area contributed by atoms with Gasteiger partial charge in [0.25, 0.3) is 10.2 Å². The number of hydrogen-bond acceptors (Lipinski definition) is 4. The number of carboxylic acids is 1. The summed E-state index contributed by atoms with van der Waals surface area (Å²) < 4.78 is 27.2. The van der Waals surface area contributed by atoms with Crippen molar-refractivity contribution >= 4 is 21.9 Å². The van der Waals surface area contributed by atoms with Crippen LogP contribution >= 0.6 is 0 Å². The lowest BCUT2D eigenvalue weighted by Gasteiger charge is -2.21. The average molecular weight is 315 g/mol. The molecule has 0 bridgehead atoms. The molecule has 0 atom stereocenters. The maximum atomic E-state index is 11.9. The standard InChI is InChI=1S/C13H21N3O4S/c1-15(12-6-4-3-5-7-12)11-9-14-21(19,20)16(2)10-8-13(17)18/h3-7,14H,8-11H2,1-2H3,(H,17,18). The molecule has 1 aromatic carbocycles. The highest BCUT2D eigenvalue weighted by molar-refractivity contribution is 7.87. The molecule has 1 aromatic rings. The van der Waals surface area contributed by atoms with Gasteiger partial charge in [-0.2, -0.15) is 12.7 Å². The largest absolute Gasteiger partial charge is 0.481 e. The zero-order valence-corrected chi connectivity index (χ0v) is 13.0. The number of aliphatic carboxylic acids is 1. The molecule has 0 spiro atoms. The van der Waals surface area contributed by atoms with Gasteiger partial charge in [-0.3, -0.25) is 4.79 Å². The molecule has 0 aliphatic rings. The van der Waals surface area contributed by atoms with Crippen LogP contribution < -0.4 is 9.62 Å². The second-order valence-corrected chi connectivity index (χ2v) is 6.48. The summed E-state index contributed by atoms with van der Waals surface area (Å²) in [5.74, 6) is -1.03. The highest BCUT2D eigenvalue weighted by Gasteiger charge is 2.17. The van der Waals surface area contributed by atoms with E-state index in [1.54, 1.807) is 0 Å². The molecule has 0 unspecified atom stereocenters. The topological polar surface area (TPSA) is 90.0 Å². The lowest BCUT2D eigenvalue weighted by Crippen LogP contribution is -2.42. The zero-order valence-electron chi connectivity index (χ0n) is 12.2. The first kappa shape index (κ1) is 17.4. The summed E-state index contributed by atoms with van der Waals surface area (Å²) in [7, 11) is -0.414. The SMILES string of the molecule is CN(CCNS(=O)(=O)N(C)CCC(=O)O)c1ccccc1. The number of para-hydroxylation sites is 1. The lowest BCUT2D eigenvalue weighted by molar-refractivity contribution is -0.137. The number of likely N-dealkylation sites (N-methyl/N-ethyl adjacent to an activating group) is 1. The summed E-state index contributed by atoms with van der Waals surface area (Å²) in [6.07, 6.45) is -0.221. The molecule has 0 aliphatic carbocycles. The summed E-state index contributed by atoms with van der Waals surface area (Å²) in [6, 6.07) is 9.61. The maximum Gasteiger partial charge on any atom is 0.304 e. The van der Waals surface area contributed by atoms with Gasteiger partial charge in [0.15, 0.2) is 0 Å². The second kappa shape index (κ2) is 7.96. The number of nitrogens with zero attached hydrogens (tertiary/aromatic N) is 2. The van der Waals surface area contributed by atoms with E-state index in [2.05, 4.69) is 4.72 Å². The van der Waals surface area contributed by atoms with E-state index in [1.165, 1.54) is 7.05 Å². The van der Waals surface area contributed by atoms with E-state index in [1.807, 2.05) is 42.3 Å². The Morgan fingerprint density at radius 2 is 1.81 bits per heavy atom. The maximum absolute atomic E-state index is 11.9. The number of anilines is 1. The van der Waals surface area contributed by atoms with Crippen molar-refractivity contribution in [3.63, 3.8) is 0 Å². The van der Waals surface area contributed by atoms with Crippen molar-refractivity contribution in [1.29, 1.82) is 0 Å². The van der Waals surface area contributed by atoms with Crippen LogP contribution in [0.5, 0.6) is 0 Å². The number of rotatable bonds is 9. The van der Waals surface area contributed by atoms with Crippen molar-refractivity contribution < 1.29 is 18.3 Å². The summed E-state index contributed by atoms with van der Waals surface area (Å²) in [5, 5.41) is 8.55. The van der Waals surface area contributed by atoms with Crippen LogP contribution in [0.1, 0.15) is 6.42 Å². The normalized spacial score (nSPS) is 11.6. The van der Waals surface area contributed by atoms with Crippen LogP contribution in [0.3, 0.4) is 0 Å². The zero-order chi connectivity index (χ0) is 15.9. The first-order valence-corrected chi connectivity index (χ1v) is 7.96. The Kier molecular flexibility index (Phi) is 6.60. The predicted molar refractivity (Wildman–Crippen MR) is 81.5 cm³/mol. The molecule has 118 valence electrons. The van der Waals surface area contributed by atoms with E-state index < -0.39 is 16.2 Å². The fraction of sp³-hybridized carbons (Fsp3) is 0.462. The minimum Gasteiger partial charge on any atom is -0.481 e. The van der Waals surface area contributed by atoms with Crippen LogP contribution in [0.15, 0.2) is 30.3 Å². The van der Waals surface area contributed by atoms with Crippen LogP contribution in [-0.4, -0.2) is 57.5 Å². The number of carbonyl (C=O) groups is 1. The van der Waals surface area contributed by atoms with E-state index in [9.17, 15) is 13.2 Å². The average Bonchev–Trinajstić information content (AvgIpc) is 2.45. The van der Waals surface area contributed by atoms with E-state index >= 15 is 0 Å². The molecule has 0 aliphatic heterocycles. The van der Waals surface area contributed by atoms with Crippen molar-refractivity contribution in [3.05, 3.63) is 30.3 Å². The first-order chi connectivity index (χ1) is 9.83. The molecule has 0 fully saturated rings. The van der Waals surface area contributed by atoms with Gasteiger partial charge in [0.1, 0.15) is 0 Å². The third-order valence-electron chi connectivity index (χ3n) is 2.98. The van der Waals surface area contributed by atoms with Crippen molar-refractivity contribution in [3.8, 4) is 0 Å². The number of nitrogens with one attached hydrogen (secondary N) is 1. The van der Waals surface area contributed by atoms with Crippen LogP contribution in [0.25, 0.3) is 0 Å². The molecular formula is C13H21N3O4S. The molecule has 1 rings (SSSR count). The van der Waals surface area contributed by atoms with Crippen molar-refractivity contribution in [2.75, 3.05) is 38.6 Å². The fourth-order valence-corrected chi connectivity index (χ4v) is 2.54. The molecule has 0 amide bonds. The lowest BCUT2D eigenvalue weighted by atomic mass is 10.3. The van der Waals surface area contributed by atoms with Gasteiger partial charge in [-0.1, -0.05) is 18.2 Å². The monoisotopic (exact) mass is 315 g/mol. The first-order valence-electron chi connectivity index (χ1n) is 6.52. The number of carboxylic acid groups (broad SMARTS) is 1. The van der Waals surface area contributed by atoms with E-state index in [-0.39, 0.29) is 19.5 Å². The van der Waals surface area contributed by atoms with Crippen molar-refractivity contribution in [2.45, 2.75) is 6.42 Å². The summed E-state index contributed by atoms with van der Waals surface area (Å²) in [6.45, 7) is 0.695. The van der Waals surface area contributed by atoms with E-state index in [0.717, 1.165) is 9.99 Å². The molecular weight excluding hydrogens is 294 g/mol. The quantitative estimate of drug-likeness (QED) is 0.687. The van der Waals surface area contributed by atoms with Gasteiger partial charge in [-0.15, -0.1) is 0 Å². The molecule has 0 heterocycles. The molecule has 0 saturated heterocycles. The van der Waals surface area contributed by atoms with Gasteiger partial charge in [-0.25, -0.2) is 4.72 Å². The predicted octanol–water partition coefficient (Wildman–Crippen LogP) is 0.364. The molecule has 0 saturated carbocycles. The van der Waals surface area contributed by atoms with Crippen LogP contribution in [0, 0.1) is 0 Å². The molecule has 8 heteroatoms. The van der Waals surface area contributed by atoms with Gasteiger partial charge < -0.3 is 10.0 Å². The van der Waals surface area contributed by atoms with E-state index in [4.69, 9.17) is 5.11 Å². The molecule has 7 nitrogen and oxygen atoms in total.